The van der Waals surface area contributed by atoms with Gasteiger partial charge in [-0.15, -0.1) is 0 Å². The van der Waals surface area contributed by atoms with Crippen molar-refractivity contribution in [2.45, 2.75) is 19.3 Å². The van der Waals surface area contributed by atoms with Crippen LogP contribution in [0, 0.1) is 0 Å². The zero-order valence-electron chi connectivity index (χ0n) is 14.0. The molecule has 136 valence electrons. The largest absolute Gasteiger partial charge is 0.381 e. The molecule has 8 heteroatoms. The lowest BCUT2D eigenvalue weighted by Gasteiger charge is -2.14. The van der Waals surface area contributed by atoms with Crippen molar-refractivity contribution in [3.8, 4) is 0 Å². The van der Waals surface area contributed by atoms with Gasteiger partial charge in [0.15, 0.2) is 0 Å². The second kappa shape index (κ2) is 9.85. The van der Waals surface area contributed by atoms with E-state index in [4.69, 9.17) is 9.47 Å². The molecule has 2 aliphatic rings. The first kappa shape index (κ1) is 19.0. The number of rotatable bonds is 12. The SMILES string of the molecule is O=C1C=CC(=O)N1CCCOCCCOCCCN1C(=O)C=CC1=O. The van der Waals surface area contributed by atoms with Crippen LogP contribution in [0.4, 0.5) is 0 Å². The van der Waals surface area contributed by atoms with Crippen LogP contribution in [0.3, 0.4) is 0 Å². The number of carbonyl (C=O) groups is 4. The number of hydrogen-bond acceptors (Lipinski definition) is 6. The quantitative estimate of drug-likeness (QED) is 0.364. The normalized spacial score (nSPS) is 16.8. The molecule has 25 heavy (non-hydrogen) atoms. The van der Waals surface area contributed by atoms with Crippen LogP contribution in [-0.4, -0.2) is 72.9 Å². The van der Waals surface area contributed by atoms with E-state index in [-0.39, 0.29) is 23.6 Å². The molecule has 0 aliphatic carbocycles. The highest BCUT2D eigenvalue weighted by molar-refractivity contribution is 6.13. The van der Waals surface area contributed by atoms with E-state index in [2.05, 4.69) is 0 Å². The molecular formula is C17H22N2O6. The Morgan fingerprint density at radius 2 is 0.880 bits per heavy atom. The van der Waals surface area contributed by atoms with E-state index in [1.165, 1.54) is 34.1 Å². The standard InChI is InChI=1S/C17H22N2O6/c20-14-4-5-15(21)18(14)8-1-10-24-12-3-13-25-11-2-9-19-16(22)6-7-17(19)23/h4-7H,1-3,8-13H2. The van der Waals surface area contributed by atoms with Gasteiger partial charge in [-0.2, -0.15) is 0 Å². The van der Waals surface area contributed by atoms with Crippen LogP contribution in [0.1, 0.15) is 19.3 Å². The minimum Gasteiger partial charge on any atom is -0.381 e. The Balaban J connectivity index is 1.37. The average molecular weight is 350 g/mol. The van der Waals surface area contributed by atoms with Crippen LogP contribution < -0.4 is 0 Å². The number of hydrogen-bond donors (Lipinski definition) is 0. The minimum absolute atomic E-state index is 0.272. The van der Waals surface area contributed by atoms with Gasteiger partial charge < -0.3 is 9.47 Å². The third-order valence-corrected chi connectivity index (χ3v) is 3.72. The average Bonchev–Trinajstić information content (AvgIpc) is 3.08. The molecule has 0 N–H and O–H groups in total. The Labute approximate surface area is 146 Å². The van der Waals surface area contributed by atoms with Gasteiger partial charge in [-0.1, -0.05) is 0 Å². The van der Waals surface area contributed by atoms with Gasteiger partial charge in [0.2, 0.25) is 0 Å². The lowest BCUT2D eigenvalue weighted by Crippen LogP contribution is -2.31. The smallest absolute Gasteiger partial charge is 0.253 e. The first-order chi connectivity index (χ1) is 12.1. The molecule has 0 radical (unpaired) electrons. The molecule has 0 fully saturated rings. The molecule has 2 aliphatic heterocycles. The first-order valence-electron chi connectivity index (χ1n) is 8.32. The van der Waals surface area contributed by atoms with Gasteiger partial charge in [-0.3, -0.25) is 29.0 Å². The van der Waals surface area contributed by atoms with Crippen molar-refractivity contribution in [2.24, 2.45) is 0 Å². The maximum Gasteiger partial charge on any atom is 0.253 e. The summed E-state index contributed by atoms with van der Waals surface area (Å²) in [4.78, 5) is 47.6. The van der Waals surface area contributed by atoms with Gasteiger partial charge >= 0.3 is 0 Å². The van der Waals surface area contributed by atoms with Crippen LogP contribution in [0.15, 0.2) is 24.3 Å². The van der Waals surface area contributed by atoms with Gasteiger partial charge in [0.1, 0.15) is 0 Å². The molecule has 4 amide bonds. The molecule has 0 atom stereocenters. The van der Waals surface area contributed by atoms with E-state index < -0.39 is 0 Å². The minimum atomic E-state index is -0.272. The van der Waals surface area contributed by atoms with E-state index in [0.29, 0.717) is 52.4 Å². The summed E-state index contributed by atoms with van der Waals surface area (Å²) in [7, 11) is 0. The van der Waals surface area contributed by atoms with Gasteiger partial charge in [0.05, 0.1) is 0 Å². The number of nitrogens with zero attached hydrogens (tertiary/aromatic N) is 2. The third kappa shape index (κ3) is 5.91. The maximum absolute atomic E-state index is 11.3. The van der Waals surface area contributed by atoms with E-state index in [0.717, 1.165) is 6.42 Å². The number of amides is 4. The fraction of sp³-hybridized carbons (Fsp3) is 0.529. The Morgan fingerprint density at radius 1 is 0.560 bits per heavy atom. The highest BCUT2D eigenvalue weighted by Gasteiger charge is 2.23. The predicted octanol–water partition coefficient (Wildman–Crippen LogP) is 0.0399. The van der Waals surface area contributed by atoms with E-state index in [9.17, 15) is 19.2 Å². The number of carbonyl (C=O) groups excluding carboxylic acids is 4. The Morgan fingerprint density at radius 3 is 1.24 bits per heavy atom. The van der Waals surface area contributed by atoms with Crippen molar-refractivity contribution >= 4 is 23.6 Å². The molecule has 0 spiro atoms. The lowest BCUT2D eigenvalue weighted by atomic mass is 10.4. The van der Waals surface area contributed by atoms with Crippen molar-refractivity contribution in [1.29, 1.82) is 0 Å². The third-order valence-electron chi connectivity index (χ3n) is 3.72. The molecular weight excluding hydrogens is 328 g/mol. The fourth-order valence-electron chi connectivity index (χ4n) is 2.42. The summed E-state index contributed by atoms with van der Waals surface area (Å²) >= 11 is 0. The maximum atomic E-state index is 11.3. The highest BCUT2D eigenvalue weighted by atomic mass is 16.5. The molecule has 0 aromatic heterocycles. The van der Waals surface area contributed by atoms with Crippen molar-refractivity contribution < 1.29 is 28.7 Å². The molecule has 0 aromatic carbocycles. The van der Waals surface area contributed by atoms with Gasteiger partial charge in [0.25, 0.3) is 23.6 Å². The molecule has 2 rings (SSSR count). The van der Waals surface area contributed by atoms with E-state index in [1.54, 1.807) is 0 Å². The van der Waals surface area contributed by atoms with Gasteiger partial charge in [0, 0.05) is 63.8 Å². The molecule has 2 heterocycles. The summed E-state index contributed by atoms with van der Waals surface area (Å²) in [5.74, 6) is -1.09. The molecule has 8 nitrogen and oxygen atoms in total. The van der Waals surface area contributed by atoms with Crippen LogP contribution in [0.25, 0.3) is 0 Å². The highest BCUT2D eigenvalue weighted by Crippen LogP contribution is 2.05. The number of ether oxygens (including phenoxy) is 2. The zero-order valence-corrected chi connectivity index (χ0v) is 14.0. The summed E-state index contributed by atoms with van der Waals surface area (Å²) < 4.78 is 10.8. The Kier molecular flexibility index (Phi) is 7.49. The number of imide groups is 2. The van der Waals surface area contributed by atoms with Crippen LogP contribution in [-0.2, 0) is 28.7 Å². The first-order valence-corrected chi connectivity index (χ1v) is 8.32. The zero-order chi connectivity index (χ0) is 18.1. The monoisotopic (exact) mass is 350 g/mol. The van der Waals surface area contributed by atoms with E-state index in [1.807, 2.05) is 0 Å². The molecule has 0 saturated heterocycles. The topological polar surface area (TPSA) is 93.2 Å². The predicted molar refractivity (Wildman–Crippen MR) is 87.2 cm³/mol. The summed E-state index contributed by atoms with van der Waals surface area (Å²) in [6.07, 6.45) is 7.02. The van der Waals surface area contributed by atoms with Crippen molar-refractivity contribution in [3.05, 3.63) is 24.3 Å². The van der Waals surface area contributed by atoms with Crippen molar-refractivity contribution in [2.75, 3.05) is 39.5 Å². The summed E-state index contributed by atoms with van der Waals surface area (Å²) in [5, 5.41) is 0. The molecule has 0 saturated carbocycles. The molecule has 0 aromatic rings. The summed E-state index contributed by atoms with van der Waals surface area (Å²) in [5.41, 5.74) is 0. The Bertz CT molecular complexity index is 498. The Hall–Kier alpha value is -2.32. The van der Waals surface area contributed by atoms with Crippen LogP contribution in [0.5, 0.6) is 0 Å². The summed E-state index contributed by atoms with van der Waals surface area (Å²) in [6, 6.07) is 0. The van der Waals surface area contributed by atoms with Gasteiger partial charge in [-0.25, -0.2) is 0 Å². The second-order valence-electron chi connectivity index (χ2n) is 5.61. The molecule has 0 bridgehead atoms. The van der Waals surface area contributed by atoms with Crippen molar-refractivity contribution in [1.82, 2.24) is 9.80 Å². The summed E-state index contributed by atoms with van der Waals surface area (Å²) in [6.45, 7) is 2.75. The van der Waals surface area contributed by atoms with E-state index >= 15 is 0 Å². The van der Waals surface area contributed by atoms with Crippen LogP contribution >= 0.6 is 0 Å². The van der Waals surface area contributed by atoms with Crippen LogP contribution in [0.2, 0.25) is 0 Å². The lowest BCUT2D eigenvalue weighted by molar-refractivity contribution is -0.138. The fourth-order valence-corrected chi connectivity index (χ4v) is 2.42. The van der Waals surface area contributed by atoms with Crippen molar-refractivity contribution in [3.63, 3.8) is 0 Å². The second-order valence-corrected chi connectivity index (χ2v) is 5.61. The van der Waals surface area contributed by atoms with Gasteiger partial charge in [-0.05, 0) is 19.3 Å². The molecule has 0 unspecified atom stereocenters.